The molecule has 0 amide bonds. The van der Waals surface area contributed by atoms with Gasteiger partial charge in [-0.1, -0.05) is 30.2 Å². The zero-order valence-corrected chi connectivity index (χ0v) is 22.0. The summed E-state index contributed by atoms with van der Waals surface area (Å²) < 4.78 is 44.6. The maximum Gasteiger partial charge on any atom is 0.337 e. The van der Waals surface area contributed by atoms with Crippen LogP contribution in [-0.2, 0) is 16.4 Å². The van der Waals surface area contributed by atoms with E-state index < -0.39 is 16.0 Å². The van der Waals surface area contributed by atoms with E-state index >= 15 is 0 Å². The lowest BCUT2D eigenvalue weighted by Crippen LogP contribution is -2.38. The summed E-state index contributed by atoms with van der Waals surface area (Å²) in [5.41, 5.74) is 5.46. The Hall–Kier alpha value is -3.30. The van der Waals surface area contributed by atoms with Crippen LogP contribution in [0.5, 0.6) is 0 Å². The molecule has 1 N–H and O–H groups in total. The second kappa shape index (κ2) is 9.47. The highest BCUT2D eigenvalue weighted by atomic mass is 32.2. The van der Waals surface area contributed by atoms with Crippen molar-refractivity contribution < 1.29 is 22.7 Å². The molecule has 2 atom stereocenters. The van der Waals surface area contributed by atoms with Crippen LogP contribution in [0.2, 0.25) is 0 Å². The van der Waals surface area contributed by atoms with Gasteiger partial charge in [0.15, 0.2) is 0 Å². The van der Waals surface area contributed by atoms with Gasteiger partial charge in [0.25, 0.3) is 0 Å². The number of nitrogens with zero attached hydrogens (tertiary/aromatic N) is 3. The first kappa shape index (κ1) is 25.0. The minimum Gasteiger partial charge on any atom is -0.478 e. The average molecular weight is 536 g/mol. The molecule has 3 aliphatic carbocycles. The Bertz CT molecular complexity index is 1540. The summed E-state index contributed by atoms with van der Waals surface area (Å²) >= 11 is 0. The molecular weight excluding hydrogens is 505 g/mol. The molecule has 1 saturated carbocycles. The Labute approximate surface area is 221 Å². The molecule has 0 saturated heterocycles. The SMILES string of the molecule is C[C@@H]1C2=C(CC[C@@H]2CN(CC2CC2)S(=O)(=O)c2ccccc2C(=O)O)Cc2c1cnn2-c1ccc(F)cc1. The van der Waals surface area contributed by atoms with Crippen molar-refractivity contribution in [2.24, 2.45) is 11.8 Å². The largest absolute Gasteiger partial charge is 0.478 e. The third-order valence-corrected chi connectivity index (χ3v) is 10.1. The van der Waals surface area contributed by atoms with E-state index in [1.54, 1.807) is 24.3 Å². The molecule has 0 aliphatic heterocycles. The Morgan fingerprint density at radius 2 is 1.84 bits per heavy atom. The van der Waals surface area contributed by atoms with Crippen molar-refractivity contribution >= 4 is 16.0 Å². The fraction of sp³-hybridized carbons (Fsp3) is 0.379. The highest BCUT2D eigenvalue weighted by molar-refractivity contribution is 7.89. The molecule has 9 heteroatoms. The normalized spacial score (nSPS) is 21.0. The van der Waals surface area contributed by atoms with E-state index in [1.807, 2.05) is 10.9 Å². The van der Waals surface area contributed by atoms with Gasteiger partial charge in [-0.3, -0.25) is 0 Å². The maximum atomic E-state index is 13.8. The van der Waals surface area contributed by atoms with Crippen LogP contribution in [0.3, 0.4) is 0 Å². The zero-order valence-electron chi connectivity index (χ0n) is 21.2. The van der Waals surface area contributed by atoms with Gasteiger partial charge < -0.3 is 5.11 Å². The molecular formula is C29H30FN3O4S. The van der Waals surface area contributed by atoms with Crippen molar-refractivity contribution in [3.63, 3.8) is 0 Å². The van der Waals surface area contributed by atoms with Gasteiger partial charge >= 0.3 is 5.97 Å². The first-order chi connectivity index (χ1) is 18.2. The van der Waals surface area contributed by atoms with Crippen molar-refractivity contribution in [1.29, 1.82) is 0 Å². The lowest BCUT2D eigenvalue weighted by atomic mass is 9.80. The molecule has 3 aliphatic rings. The first-order valence-corrected chi connectivity index (χ1v) is 14.5. The van der Waals surface area contributed by atoms with Crippen molar-refractivity contribution in [3.05, 3.63) is 88.5 Å². The number of halogens is 1. The van der Waals surface area contributed by atoms with Gasteiger partial charge in [-0.25, -0.2) is 22.3 Å². The Morgan fingerprint density at radius 3 is 2.55 bits per heavy atom. The summed E-state index contributed by atoms with van der Waals surface area (Å²) in [5.74, 6) is -1.06. The molecule has 7 nitrogen and oxygen atoms in total. The average Bonchev–Trinajstić information content (AvgIpc) is 3.48. The number of fused-ring (bicyclic) bond motifs is 1. The Balaban J connectivity index is 1.30. The first-order valence-electron chi connectivity index (χ1n) is 13.1. The number of sulfonamides is 1. The molecule has 0 bridgehead atoms. The number of carboxylic acids is 1. The molecule has 1 fully saturated rings. The fourth-order valence-corrected chi connectivity index (χ4v) is 7.93. The number of allylic oxidation sites excluding steroid dienone is 1. The molecule has 1 aromatic heterocycles. The molecule has 0 radical (unpaired) electrons. The number of aromatic nitrogens is 2. The predicted molar refractivity (Wildman–Crippen MR) is 140 cm³/mol. The minimum absolute atomic E-state index is 0.0628. The topological polar surface area (TPSA) is 92.5 Å². The van der Waals surface area contributed by atoms with Gasteiger partial charge in [-0.2, -0.15) is 9.40 Å². The van der Waals surface area contributed by atoms with Crippen LogP contribution in [0, 0.1) is 17.7 Å². The summed E-state index contributed by atoms with van der Waals surface area (Å²) in [4.78, 5) is 11.7. The van der Waals surface area contributed by atoms with Gasteiger partial charge in [-0.15, -0.1) is 0 Å². The van der Waals surface area contributed by atoms with Gasteiger partial charge in [0, 0.05) is 31.0 Å². The predicted octanol–water partition coefficient (Wildman–Crippen LogP) is 5.18. The number of carbonyl (C=O) groups is 1. The number of hydrogen-bond acceptors (Lipinski definition) is 4. The number of rotatable bonds is 8. The number of aromatic carboxylic acids is 1. The lowest BCUT2D eigenvalue weighted by molar-refractivity contribution is 0.0692. The van der Waals surface area contributed by atoms with Crippen molar-refractivity contribution in [3.8, 4) is 5.69 Å². The molecule has 3 aromatic rings. The molecule has 198 valence electrons. The van der Waals surface area contributed by atoms with E-state index in [1.165, 1.54) is 39.7 Å². The Morgan fingerprint density at radius 1 is 1.11 bits per heavy atom. The summed E-state index contributed by atoms with van der Waals surface area (Å²) in [6, 6.07) is 12.2. The van der Waals surface area contributed by atoms with Crippen LogP contribution in [0.15, 0.2) is 70.8 Å². The minimum atomic E-state index is -3.99. The molecule has 0 spiro atoms. The van der Waals surface area contributed by atoms with Gasteiger partial charge in [0.05, 0.1) is 28.0 Å². The van der Waals surface area contributed by atoms with Crippen LogP contribution in [-0.4, -0.2) is 46.7 Å². The standard InChI is InChI=1S/C29H30FN3O4S/c1-18-25-15-31-33(23-12-10-22(30)11-13-23)26(25)14-20-8-9-21(28(18)20)17-32(16-19-6-7-19)38(36,37)27-5-3-2-4-24(27)29(34)35/h2-5,10-13,15,18-19,21H,6-9,14,16-17H2,1H3,(H,34,35)/t18-,21+/m0/s1. The van der Waals surface area contributed by atoms with Crippen molar-refractivity contribution in [2.75, 3.05) is 13.1 Å². The van der Waals surface area contributed by atoms with Crippen LogP contribution in [0.4, 0.5) is 4.39 Å². The molecule has 0 unspecified atom stereocenters. The number of carboxylic acid groups (broad SMARTS) is 1. The van der Waals surface area contributed by atoms with Crippen LogP contribution < -0.4 is 0 Å². The van der Waals surface area contributed by atoms with E-state index in [2.05, 4.69) is 12.0 Å². The second-order valence-electron chi connectivity index (χ2n) is 10.7. The Kier molecular flexibility index (Phi) is 6.23. The van der Waals surface area contributed by atoms with E-state index in [4.69, 9.17) is 0 Å². The summed E-state index contributed by atoms with van der Waals surface area (Å²) in [6.07, 6.45) is 6.35. The monoisotopic (exact) mass is 535 g/mol. The molecule has 38 heavy (non-hydrogen) atoms. The summed E-state index contributed by atoms with van der Waals surface area (Å²) in [7, 11) is -3.99. The summed E-state index contributed by atoms with van der Waals surface area (Å²) in [5, 5.41) is 14.3. The second-order valence-corrected chi connectivity index (χ2v) is 12.6. The highest BCUT2D eigenvalue weighted by Crippen LogP contribution is 2.48. The van der Waals surface area contributed by atoms with Crippen molar-refractivity contribution in [2.45, 2.75) is 49.8 Å². The lowest BCUT2D eigenvalue weighted by Gasteiger charge is -2.31. The van der Waals surface area contributed by atoms with Crippen molar-refractivity contribution in [1.82, 2.24) is 14.1 Å². The van der Waals surface area contributed by atoms with E-state index in [-0.39, 0.29) is 28.1 Å². The highest BCUT2D eigenvalue weighted by Gasteiger charge is 2.40. The van der Waals surface area contributed by atoms with Crippen LogP contribution >= 0.6 is 0 Å². The molecule has 1 heterocycles. The smallest absolute Gasteiger partial charge is 0.337 e. The van der Waals surface area contributed by atoms with E-state index in [9.17, 15) is 22.7 Å². The van der Waals surface area contributed by atoms with Gasteiger partial charge in [-0.05, 0) is 73.9 Å². The van der Waals surface area contributed by atoms with Gasteiger partial charge in [0.2, 0.25) is 10.0 Å². The number of hydrogen-bond donors (Lipinski definition) is 1. The molecule has 2 aromatic carbocycles. The fourth-order valence-electron chi connectivity index (χ4n) is 6.19. The number of benzene rings is 2. The maximum absolute atomic E-state index is 13.8. The van der Waals surface area contributed by atoms with Gasteiger partial charge in [0.1, 0.15) is 5.82 Å². The summed E-state index contributed by atoms with van der Waals surface area (Å²) in [6.45, 7) is 2.91. The quantitative estimate of drug-likeness (QED) is 0.402. The van der Waals surface area contributed by atoms with E-state index in [0.29, 0.717) is 19.0 Å². The molecule has 6 rings (SSSR count). The van der Waals surface area contributed by atoms with Crippen LogP contribution in [0.25, 0.3) is 5.69 Å². The third-order valence-electron chi connectivity index (χ3n) is 8.25. The van der Waals surface area contributed by atoms with E-state index in [0.717, 1.165) is 49.0 Å². The zero-order chi connectivity index (χ0) is 26.6. The third kappa shape index (κ3) is 4.37. The van der Waals surface area contributed by atoms with Crippen LogP contribution in [0.1, 0.15) is 60.1 Å².